The van der Waals surface area contributed by atoms with Gasteiger partial charge in [0, 0.05) is 35.7 Å². The van der Waals surface area contributed by atoms with Crippen molar-refractivity contribution in [3.05, 3.63) is 22.7 Å². The van der Waals surface area contributed by atoms with E-state index >= 15 is 0 Å². The van der Waals surface area contributed by atoms with Crippen molar-refractivity contribution in [1.29, 1.82) is 0 Å². The normalized spacial score (nSPS) is 23.8. The maximum absolute atomic E-state index is 5.37. The number of benzene rings is 1. The molecule has 1 saturated heterocycles. The van der Waals surface area contributed by atoms with Crippen LogP contribution in [0.25, 0.3) is 0 Å². The van der Waals surface area contributed by atoms with Crippen LogP contribution in [0, 0.1) is 5.41 Å². The number of hydrogen-bond donors (Lipinski definition) is 1. The van der Waals surface area contributed by atoms with Crippen LogP contribution in [0.3, 0.4) is 0 Å². The average molecular weight is 341 g/mol. The van der Waals surface area contributed by atoms with Crippen molar-refractivity contribution in [2.45, 2.75) is 39.8 Å². The SMILES string of the molecule is COc1ccc(Br)c(N2CC(C(C)(C)C)NCC2C)c1. The standard InChI is InChI=1S/C16H25BrN2O/c1-11-9-18-15(16(2,3)4)10-19(11)14-8-12(20-5)6-7-13(14)17/h6-8,11,15,18H,9-10H2,1-5H3. The summed E-state index contributed by atoms with van der Waals surface area (Å²) in [4.78, 5) is 2.47. The van der Waals surface area contributed by atoms with Gasteiger partial charge < -0.3 is 15.0 Å². The van der Waals surface area contributed by atoms with Crippen molar-refractivity contribution in [2.24, 2.45) is 5.41 Å². The van der Waals surface area contributed by atoms with Crippen molar-refractivity contribution in [3.63, 3.8) is 0 Å². The van der Waals surface area contributed by atoms with Crippen LogP contribution < -0.4 is 15.0 Å². The van der Waals surface area contributed by atoms with Crippen LogP contribution in [0.1, 0.15) is 27.7 Å². The fourth-order valence-corrected chi connectivity index (χ4v) is 3.09. The van der Waals surface area contributed by atoms with Crippen LogP contribution >= 0.6 is 15.9 Å². The molecule has 1 aliphatic heterocycles. The number of nitrogens with zero attached hydrogens (tertiary/aromatic N) is 1. The number of ether oxygens (including phenoxy) is 1. The topological polar surface area (TPSA) is 24.5 Å². The highest BCUT2D eigenvalue weighted by atomic mass is 79.9. The smallest absolute Gasteiger partial charge is 0.121 e. The minimum Gasteiger partial charge on any atom is -0.497 e. The molecule has 1 aromatic carbocycles. The number of methoxy groups -OCH3 is 1. The van der Waals surface area contributed by atoms with Gasteiger partial charge in [-0.15, -0.1) is 0 Å². The lowest BCUT2D eigenvalue weighted by molar-refractivity contribution is 0.238. The summed E-state index contributed by atoms with van der Waals surface area (Å²) >= 11 is 3.68. The number of anilines is 1. The highest BCUT2D eigenvalue weighted by Gasteiger charge is 2.33. The van der Waals surface area contributed by atoms with Gasteiger partial charge in [-0.3, -0.25) is 0 Å². The van der Waals surface area contributed by atoms with Crippen LogP contribution in [0.2, 0.25) is 0 Å². The molecular weight excluding hydrogens is 316 g/mol. The Morgan fingerprint density at radius 2 is 2.05 bits per heavy atom. The lowest BCUT2D eigenvalue weighted by atomic mass is 9.84. The number of hydrogen-bond acceptors (Lipinski definition) is 3. The third-order valence-corrected chi connectivity index (χ3v) is 4.75. The van der Waals surface area contributed by atoms with Crippen molar-refractivity contribution in [3.8, 4) is 5.75 Å². The molecule has 1 aromatic rings. The minimum atomic E-state index is 0.254. The minimum absolute atomic E-state index is 0.254. The summed E-state index contributed by atoms with van der Waals surface area (Å²) < 4.78 is 6.49. The van der Waals surface area contributed by atoms with Gasteiger partial charge in [0.2, 0.25) is 0 Å². The molecule has 4 heteroatoms. The van der Waals surface area contributed by atoms with E-state index in [-0.39, 0.29) is 5.41 Å². The van der Waals surface area contributed by atoms with E-state index < -0.39 is 0 Å². The van der Waals surface area contributed by atoms with E-state index in [9.17, 15) is 0 Å². The van der Waals surface area contributed by atoms with Crippen molar-refractivity contribution < 1.29 is 4.74 Å². The molecule has 20 heavy (non-hydrogen) atoms. The van der Waals surface area contributed by atoms with E-state index in [1.807, 2.05) is 6.07 Å². The largest absolute Gasteiger partial charge is 0.497 e. The Hall–Kier alpha value is -0.740. The molecule has 1 fully saturated rings. The van der Waals surface area contributed by atoms with E-state index in [4.69, 9.17) is 4.74 Å². The number of halogens is 1. The predicted octanol–water partition coefficient (Wildman–Crippen LogP) is 3.67. The van der Waals surface area contributed by atoms with Gasteiger partial charge in [0.1, 0.15) is 5.75 Å². The molecule has 0 aliphatic carbocycles. The van der Waals surface area contributed by atoms with Gasteiger partial charge >= 0.3 is 0 Å². The molecule has 0 saturated carbocycles. The lowest BCUT2D eigenvalue weighted by Gasteiger charge is -2.45. The summed E-state index contributed by atoms with van der Waals surface area (Å²) in [5, 5.41) is 3.67. The van der Waals surface area contributed by atoms with Gasteiger partial charge in [0.05, 0.1) is 12.8 Å². The molecule has 2 rings (SSSR count). The Labute approximate surface area is 130 Å². The monoisotopic (exact) mass is 340 g/mol. The summed E-state index contributed by atoms with van der Waals surface area (Å²) in [5.41, 5.74) is 1.47. The van der Waals surface area contributed by atoms with Crippen LogP contribution in [-0.4, -0.2) is 32.3 Å². The summed E-state index contributed by atoms with van der Waals surface area (Å²) in [6, 6.07) is 7.12. The molecule has 0 amide bonds. The Kier molecular flexibility index (Phi) is 4.65. The Morgan fingerprint density at radius 3 is 2.65 bits per heavy atom. The van der Waals surface area contributed by atoms with E-state index in [0.29, 0.717) is 12.1 Å². The molecule has 112 valence electrons. The number of nitrogens with one attached hydrogen (secondary N) is 1. The van der Waals surface area contributed by atoms with Crippen molar-refractivity contribution in [2.75, 3.05) is 25.1 Å². The van der Waals surface area contributed by atoms with Gasteiger partial charge in [-0.25, -0.2) is 0 Å². The zero-order valence-electron chi connectivity index (χ0n) is 13.0. The molecule has 1 heterocycles. The van der Waals surface area contributed by atoms with Crippen LogP contribution in [0.4, 0.5) is 5.69 Å². The average Bonchev–Trinajstić information content (AvgIpc) is 2.39. The van der Waals surface area contributed by atoms with Gasteiger partial charge in [0.15, 0.2) is 0 Å². The van der Waals surface area contributed by atoms with Crippen molar-refractivity contribution in [1.82, 2.24) is 5.32 Å². The molecule has 0 aromatic heterocycles. The zero-order valence-corrected chi connectivity index (χ0v) is 14.6. The first-order valence-corrected chi connectivity index (χ1v) is 7.96. The molecule has 0 bridgehead atoms. The molecule has 0 radical (unpaired) electrons. The first-order chi connectivity index (χ1) is 9.32. The second-order valence-corrected chi connectivity index (χ2v) is 7.50. The lowest BCUT2D eigenvalue weighted by Crippen LogP contribution is -2.59. The number of rotatable bonds is 2. The van der Waals surface area contributed by atoms with Crippen LogP contribution in [0.5, 0.6) is 5.75 Å². The second-order valence-electron chi connectivity index (χ2n) is 6.65. The quantitative estimate of drug-likeness (QED) is 0.888. The van der Waals surface area contributed by atoms with E-state index in [2.05, 4.69) is 66.0 Å². The first-order valence-electron chi connectivity index (χ1n) is 7.16. The summed E-state index contributed by atoms with van der Waals surface area (Å²) in [5.74, 6) is 0.904. The second kappa shape index (κ2) is 5.94. The third kappa shape index (κ3) is 3.29. The summed E-state index contributed by atoms with van der Waals surface area (Å²) in [7, 11) is 1.71. The molecule has 1 aliphatic rings. The predicted molar refractivity (Wildman–Crippen MR) is 88.7 cm³/mol. The molecule has 2 atom stereocenters. The first kappa shape index (κ1) is 15.6. The fourth-order valence-electron chi connectivity index (χ4n) is 2.62. The molecule has 0 spiro atoms. The maximum Gasteiger partial charge on any atom is 0.121 e. The Bertz CT molecular complexity index is 470. The summed E-state index contributed by atoms with van der Waals surface area (Å²) in [6.07, 6.45) is 0. The van der Waals surface area contributed by atoms with Gasteiger partial charge in [-0.05, 0) is 40.4 Å². The van der Waals surface area contributed by atoms with Gasteiger partial charge in [-0.1, -0.05) is 20.8 Å². The Balaban J connectivity index is 2.29. The van der Waals surface area contributed by atoms with E-state index in [1.165, 1.54) is 5.69 Å². The van der Waals surface area contributed by atoms with Crippen molar-refractivity contribution >= 4 is 21.6 Å². The zero-order chi connectivity index (χ0) is 14.9. The maximum atomic E-state index is 5.37. The Morgan fingerprint density at radius 1 is 1.35 bits per heavy atom. The molecular formula is C16H25BrN2O. The highest BCUT2D eigenvalue weighted by molar-refractivity contribution is 9.10. The summed E-state index contributed by atoms with van der Waals surface area (Å²) in [6.45, 7) is 11.2. The van der Waals surface area contributed by atoms with Gasteiger partial charge in [0.25, 0.3) is 0 Å². The van der Waals surface area contributed by atoms with Crippen LogP contribution in [-0.2, 0) is 0 Å². The van der Waals surface area contributed by atoms with Crippen LogP contribution in [0.15, 0.2) is 22.7 Å². The number of piperazine rings is 1. The van der Waals surface area contributed by atoms with E-state index in [0.717, 1.165) is 23.3 Å². The fraction of sp³-hybridized carbons (Fsp3) is 0.625. The molecule has 3 nitrogen and oxygen atoms in total. The third-order valence-electron chi connectivity index (χ3n) is 4.08. The van der Waals surface area contributed by atoms with E-state index in [1.54, 1.807) is 7.11 Å². The highest BCUT2D eigenvalue weighted by Crippen LogP contribution is 2.34. The molecule has 2 unspecified atom stereocenters. The van der Waals surface area contributed by atoms with Gasteiger partial charge in [-0.2, -0.15) is 0 Å². The molecule has 1 N–H and O–H groups in total.